The van der Waals surface area contributed by atoms with Gasteiger partial charge in [-0.3, -0.25) is 14.4 Å². The van der Waals surface area contributed by atoms with E-state index in [4.69, 9.17) is 0 Å². The number of halogens is 3. The number of nitrogens with one attached hydrogen (secondary N) is 2. The van der Waals surface area contributed by atoms with Crippen LogP contribution in [0.25, 0.3) is 0 Å². The number of amides is 2. The standard InChI is InChI=1S/C14H16F3N3O3/c1-8-5-9(6-11(21)18-8)12(22)19-10-3-2-4-20(13(10)23)7-14(15,16)17/h5-6,10H,2-4,7H2,1H3,(H,18,21)(H,19,22). The molecule has 1 aliphatic rings. The number of aryl methyl sites for hydroxylation is 1. The minimum Gasteiger partial charge on any atom is -0.340 e. The van der Waals surface area contributed by atoms with Crippen molar-refractivity contribution in [3.8, 4) is 0 Å². The van der Waals surface area contributed by atoms with Gasteiger partial charge in [0, 0.05) is 23.9 Å². The number of hydrogen-bond donors (Lipinski definition) is 2. The van der Waals surface area contributed by atoms with Crippen LogP contribution in [0.3, 0.4) is 0 Å². The Balaban J connectivity index is 2.08. The fourth-order valence-corrected chi connectivity index (χ4v) is 2.50. The molecule has 0 radical (unpaired) electrons. The Kier molecular flexibility index (Phi) is 4.76. The molecule has 1 aromatic rings. The number of carbonyl (C=O) groups excluding carboxylic acids is 2. The highest BCUT2D eigenvalue weighted by molar-refractivity contribution is 5.97. The quantitative estimate of drug-likeness (QED) is 0.866. The Morgan fingerprint density at radius 2 is 2.09 bits per heavy atom. The molecule has 0 aromatic carbocycles. The zero-order valence-corrected chi connectivity index (χ0v) is 12.4. The summed E-state index contributed by atoms with van der Waals surface area (Å²) in [5.41, 5.74) is 0.0622. The molecule has 1 aromatic heterocycles. The summed E-state index contributed by atoms with van der Waals surface area (Å²) >= 11 is 0. The number of nitrogens with zero attached hydrogens (tertiary/aromatic N) is 1. The summed E-state index contributed by atoms with van der Waals surface area (Å²) in [4.78, 5) is 38.7. The number of carbonyl (C=O) groups is 2. The van der Waals surface area contributed by atoms with E-state index in [2.05, 4.69) is 10.3 Å². The molecule has 1 unspecified atom stereocenters. The van der Waals surface area contributed by atoms with Crippen LogP contribution in [0.4, 0.5) is 13.2 Å². The molecule has 1 atom stereocenters. The van der Waals surface area contributed by atoms with Crippen molar-refractivity contribution in [2.75, 3.05) is 13.1 Å². The number of aromatic nitrogens is 1. The van der Waals surface area contributed by atoms with Crippen LogP contribution >= 0.6 is 0 Å². The van der Waals surface area contributed by atoms with Crippen LogP contribution in [0, 0.1) is 6.92 Å². The second-order valence-electron chi connectivity index (χ2n) is 5.46. The molecule has 2 N–H and O–H groups in total. The molecule has 2 amide bonds. The molecule has 1 fully saturated rings. The van der Waals surface area contributed by atoms with Gasteiger partial charge >= 0.3 is 6.18 Å². The zero-order valence-electron chi connectivity index (χ0n) is 12.4. The molecule has 9 heteroatoms. The lowest BCUT2D eigenvalue weighted by Crippen LogP contribution is -2.54. The summed E-state index contributed by atoms with van der Waals surface area (Å²) in [6.45, 7) is 0.270. The Bertz CT molecular complexity index is 669. The van der Waals surface area contributed by atoms with Crippen LogP contribution in [0.15, 0.2) is 16.9 Å². The summed E-state index contributed by atoms with van der Waals surface area (Å²) < 4.78 is 37.3. The highest BCUT2D eigenvalue weighted by Crippen LogP contribution is 2.20. The van der Waals surface area contributed by atoms with Gasteiger partial charge in [-0.2, -0.15) is 13.2 Å². The molecular weight excluding hydrogens is 315 g/mol. The number of H-pyrrole nitrogens is 1. The van der Waals surface area contributed by atoms with Gasteiger partial charge < -0.3 is 15.2 Å². The fraction of sp³-hybridized carbons (Fsp3) is 0.500. The highest BCUT2D eigenvalue weighted by atomic mass is 19.4. The van der Waals surface area contributed by atoms with Gasteiger partial charge in [0.05, 0.1) is 0 Å². The molecule has 2 rings (SSSR count). The van der Waals surface area contributed by atoms with Crippen molar-refractivity contribution >= 4 is 11.8 Å². The van der Waals surface area contributed by atoms with E-state index in [1.807, 2.05) is 0 Å². The van der Waals surface area contributed by atoms with Crippen LogP contribution in [0.2, 0.25) is 0 Å². The van der Waals surface area contributed by atoms with E-state index in [0.717, 1.165) is 6.07 Å². The number of aromatic amines is 1. The lowest BCUT2D eigenvalue weighted by Gasteiger charge is -2.33. The Labute approximate surface area is 129 Å². The van der Waals surface area contributed by atoms with E-state index in [0.29, 0.717) is 17.0 Å². The van der Waals surface area contributed by atoms with Crippen LogP contribution in [-0.4, -0.2) is 47.0 Å². The summed E-state index contributed by atoms with van der Waals surface area (Å²) in [5.74, 6) is -1.42. The third-order valence-corrected chi connectivity index (χ3v) is 3.45. The first-order valence-corrected chi connectivity index (χ1v) is 7.03. The van der Waals surface area contributed by atoms with Crippen LogP contribution in [0.1, 0.15) is 28.9 Å². The van der Waals surface area contributed by atoms with Crippen molar-refractivity contribution in [3.63, 3.8) is 0 Å². The fourth-order valence-electron chi connectivity index (χ4n) is 2.50. The lowest BCUT2D eigenvalue weighted by atomic mass is 10.0. The molecule has 2 heterocycles. The Morgan fingerprint density at radius 3 is 2.70 bits per heavy atom. The predicted octanol–water partition coefficient (Wildman–Crippen LogP) is 0.966. The maximum Gasteiger partial charge on any atom is 0.406 e. The molecule has 1 aliphatic heterocycles. The number of rotatable bonds is 3. The summed E-state index contributed by atoms with van der Waals surface area (Å²) in [5, 5.41) is 2.40. The summed E-state index contributed by atoms with van der Waals surface area (Å²) in [7, 11) is 0. The smallest absolute Gasteiger partial charge is 0.340 e. The number of piperidine rings is 1. The minimum atomic E-state index is -4.48. The van der Waals surface area contributed by atoms with Crippen molar-refractivity contribution in [1.82, 2.24) is 15.2 Å². The van der Waals surface area contributed by atoms with E-state index >= 15 is 0 Å². The summed E-state index contributed by atoms with van der Waals surface area (Å²) in [6, 6.07) is 1.49. The molecule has 23 heavy (non-hydrogen) atoms. The first kappa shape index (κ1) is 17.0. The second kappa shape index (κ2) is 6.43. The van der Waals surface area contributed by atoms with Gasteiger partial charge in [0.2, 0.25) is 11.5 Å². The van der Waals surface area contributed by atoms with E-state index in [-0.39, 0.29) is 18.5 Å². The normalized spacial score (nSPS) is 18.9. The van der Waals surface area contributed by atoms with Crippen molar-refractivity contribution in [1.29, 1.82) is 0 Å². The second-order valence-corrected chi connectivity index (χ2v) is 5.46. The SMILES string of the molecule is Cc1cc(C(=O)NC2CCCN(CC(F)(F)F)C2=O)cc(=O)[nH]1. The Hall–Kier alpha value is -2.32. The largest absolute Gasteiger partial charge is 0.406 e. The maximum atomic E-state index is 12.4. The van der Waals surface area contributed by atoms with E-state index < -0.39 is 36.1 Å². The molecule has 6 nitrogen and oxygen atoms in total. The van der Waals surface area contributed by atoms with Gasteiger partial charge in [-0.05, 0) is 25.8 Å². The third-order valence-electron chi connectivity index (χ3n) is 3.45. The number of hydrogen-bond acceptors (Lipinski definition) is 3. The van der Waals surface area contributed by atoms with E-state index in [1.54, 1.807) is 6.92 Å². The molecule has 0 aliphatic carbocycles. The van der Waals surface area contributed by atoms with E-state index in [9.17, 15) is 27.6 Å². The molecule has 126 valence electrons. The first-order valence-electron chi connectivity index (χ1n) is 7.03. The van der Waals surface area contributed by atoms with E-state index in [1.165, 1.54) is 6.07 Å². The van der Waals surface area contributed by atoms with Crippen LogP contribution in [0.5, 0.6) is 0 Å². The molecular formula is C14H16F3N3O3. The number of pyridine rings is 1. The van der Waals surface area contributed by atoms with Gasteiger partial charge in [-0.1, -0.05) is 0 Å². The third kappa shape index (κ3) is 4.57. The van der Waals surface area contributed by atoms with Gasteiger partial charge in [0.15, 0.2) is 0 Å². The molecule has 1 saturated heterocycles. The predicted molar refractivity (Wildman–Crippen MR) is 74.9 cm³/mol. The first-order chi connectivity index (χ1) is 10.7. The summed E-state index contributed by atoms with van der Waals surface area (Å²) in [6.07, 6.45) is -3.85. The average molecular weight is 331 g/mol. The Morgan fingerprint density at radius 1 is 1.39 bits per heavy atom. The average Bonchev–Trinajstić information content (AvgIpc) is 2.40. The van der Waals surface area contributed by atoms with Crippen molar-refractivity contribution < 1.29 is 22.8 Å². The zero-order chi connectivity index (χ0) is 17.2. The van der Waals surface area contributed by atoms with Crippen molar-refractivity contribution in [2.24, 2.45) is 0 Å². The topological polar surface area (TPSA) is 82.3 Å². The molecule has 0 spiro atoms. The van der Waals surface area contributed by atoms with Crippen molar-refractivity contribution in [3.05, 3.63) is 33.7 Å². The highest BCUT2D eigenvalue weighted by Gasteiger charge is 2.37. The minimum absolute atomic E-state index is 0.00876. The van der Waals surface area contributed by atoms with Gasteiger partial charge in [-0.25, -0.2) is 0 Å². The molecule has 0 saturated carbocycles. The maximum absolute atomic E-state index is 12.4. The van der Waals surface area contributed by atoms with Gasteiger partial charge in [0.25, 0.3) is 5.91 Å². The molecule has 0 bridgehead atoms. The van der Waals surface area contributed by atoms with Crippen molar-refractivity contribution in [2.45, 2.75) is 32.0 Å². The lowest BCUT2D eigenvalue weighted by molar-refractivity contribution is -0.164. The van der Waals surface area contributed by atoms with Crippen LogP contribution in [-0.2, 0) is 4.79 Å². The van der Waals surface area contributed by atoms with Crippen LogP contribution < -0.4 is 10.9 Å². The number of likely N-dealkylation sites (tertiary alicyclic amines) is 1. The van der Waals surface area contributed by atoms with Gasteiger partial charge in [0.1, 0.15) is 12.6 Å². The number of alkyl halides is 3. The monoisotopic (exact) mass is 331 g/mol. The van der Waals surface area contributed by atoms with Gasteiger partial charge in [-0.15, -0.1) is 0 Å².